The van der Waals surface area contributed by atoms with Crippen molar-refractivity contribution in [1.29, 1.82) is 0 Å². The number of benzene rings is 1. The maximum atomic E-state index is 12.6. The molecule has 0 aromatic heterocycles. The Morgan fingerprint density at radius 2 is 2.20 bits per heavy atom. The largest absolute Gasteiger partial charge is 0.433 e. The quantitative estimate of drug-likeness (QED) is 0.269. The number of anilines is 1. The Kier molecular flexibility index (Phi) is 10.2. The fraction of sp³-hybridized carbons (Fsp3) is 0.562. The van der Waals surface area contributed by atoms with E-state index in [1.807, 2.05) is 12.1 Å². The number of thioether (sulfide) groups is 1. The van der Waals surface area contributed by atoms with Gasteiger partial charge in [0.25, 0.3) is 0 Å². The van der Waals surface area contributed by atoms with Crippen LogP contribution in [0.2, 0.25) is 0 Å². The van der Waals surface area contributed by atoms with E-state index >= 15 is 0 Å². The number of aliphatic imine (C=N–C) groups is 1. The normalized spacial score (nSPS) is 17.4. The standard InChI is InChI=1S/C16H24F2N4OS.HI/c1-19-16(20-8-10-24-2)21-12-7-9-22(11-12)13-5-3-4-6-14(13)23-15(17)18;/h3-6,12,15H,7-11H2,1-2H3,(H2,19,20,21);1H. The monoisotopic (exact) mass is 486 g/mol. The molecule has 1 saturated heterocycles. The van der Waals surface area contributed by atoms with Crippen LogP contribution in [-0.4, -0.2) is 57.3 Å². The lowest BCUT2D eigenvalue weighted by Gasteiger charge is -2.22. The summed E-state index contributed by atoms with van der Waals surface area (Å²) in [5.41, 5.74) is 0.701. The topological polar surface area (TPSA) is 48.9 Å². The number of nitrogens with zero attached hydrogens (tertiary/aromatic N) is 2. The minimum Gasteiger partial charge on any atom is -0.433 e. The fourth-order valence-electron chi connectivity index (χ4n) is 2.67. The van der Waals surface area contributed by atoms with Crippen molar-refractivity contribution in [2.24, 2.45) is 4.99 Å². The van der Waals surface area contributed by atoms with E-state index < -0.39 is 6.61 Å². The zero-order valence-corrected chi connectivity index (χ0v) is 17.5. The van der Waals surface area contributed by atoms with Crippen LogP contribution in [0.1, 0.15) is 6.42 Å². The molecule has 1 heterocycles. The van der Waals surface area contributed by atoms with Crippen molar-refractivity contribution in [3.63, 3.8) is 0 Å². The number of ether oxygens (including phenoxy) is 1. The first-order chi connectivity index (χ1) is 11.6. The molecule has 5 nitrogen and oxygen atoms in total. The summed E-state index contributed by atoms with van der Waals surface area (Å²) in [4.78, 5) is 6.28. The van der Waals surface area contributed by atoms with Gasteiger partial charge in [0.2, 0.25) is 0 Å². The maximum Gasteiger partial charge on any atom is 0.387 e. The van der Waals surface area contributed by atoms with Gasteiger partial charge >= 0.3 is 6.61 Å². The molecule has 0 aliphatic carbocycles. The second-order valence-electron chi connectivity index (χ2n) is 5.41. The van der Waals surface area contributed by atoms with Crippen molar-refractivity contribution >= 4 is 47.4 Å². The van der Waals surface area contributed by atoms with Crippen molar-refractivity contribution in [2.45, 2.75) is 19.1 Å². The van der Waals surface area contributed by atoms with Gasteiger partial charge in [0, 0.05) is 38.5 Å². The van der Waals surface area contributed by atoms with E-state index in [0.29, 0.717) is 12.2 Å². The van der Waals surface area contributed by atoms with Gasteiger partial charge in [-0.05, 0) is 24.8 Å². The van der Waals surface area contributed by atoms with Crippen molar-refractivity contribution in [2.75, 3.05) is 43.6 Å². The molecule has 1 aromatic rings. The first-order valence-corrected chi connectivity index (χ1v) is 9.28. The molecule has 0 radical (unpaired) electrons. The minimum absolute atomic E-state index is 0. The summed E-state index contributed by atoms with van der Waals surface area (Å²) >= 11 is 1.77. The summed E-state index contributed by atoms with van der Waals surface area (Å²) in [6, 6.07) is 7.13. The highest BCUT2D eigenvalue weighted by Crippen LogP contribution is 2.31. The van der Waals surface area contributed by atoms with E-state index in [-0.39, 0.29) is 35.8 Å². The molecule has 1 aliphatic heterocycles. The van der Waals surface area contributed by atoms with Gasteiger partial charge in [0.1, 0.15) is 5.75 Å². The van der Waals surface area contributed by atoms with Crippen LogP contribution >= 0.6 is 35.7 Å². The van der Waals surface area contributed by atoms with Crippen LogP contribution < -0.4 is 20.3 Å². The molecule has 1 atom stereocenters. The van der Waals surface area contributed by atoms with Gasteiger partial charge in [-0.2, -0.15) is 20.5 Å². The van der Waals surface area contributed by atoms with Crippen LogP contribution in [0.3, 0.4) is 0 Å². The smallest absolute Gasteiger partial charge is 0.387 e. The molecule has 1 unspecified atom stereocenters. The van der Waals surface area contributed by atoms with Crippen molar-refractivity contribution < 1.29 is 13.5 Å². The van der Waals surface area contributed by atoms with Crippen molar-refractivity contribution in [3.8, 4) is 5.75 Å². The molecule has 25 heavy (non-hydrogen) atoms. The Morgan fingerprint density at radius 3 is 2.88 bits per heavy atom. The van der Waals surface area contributed by atoms with Crippen LogP contribution in [0.5, 0.6) is 5.75 Å². The Balaban J connectivity index is 0.00000312. The summed E-state index contributed by atoms with van der Waals surface area (Å²) in [5, 5.41) is 6.65. The van der Waals surface area contributed by atoms with Crippen molar-refractivity contribution in [3.05, 3.63) is 24.3 Å². The van der Waals surface area contributed by atoms with Gasteiger partial charge in [0.15, 0.2) is 5.96 Å². The molecule has 0 amide bonds. The Labute approximate surface area is 169 Å². The molecular formula is C16H25F2IN4OS. The Morgan fingerprint density at radius 1 is 1.44 bits per heavy atom. The third kappa shape index (κ3) is 7.04. The highest BCUT2D eigenvalue weighted by Gasteiger charge is 2.25. The number of halogens is 3. The number of para-hydroxylation sites is 2. The summed E-state index contributed by atoms with van der Waals surface area (Å²) in [6.45, 7) is -0.472. The van der Waals surface area contributed by atoms with Gasteiger partial charge in [-0.25, -0.2) is 0 Å². The van der Waals surface area contributed by atoms with E-state index in [1.54, 1.807) is 30.9 Å². The maximum absolute atomic E-state index is 12.6. The SMILES string of the molecule is CN=C(NCCSC)NC1CCN(c2ccccc2OC(F)F)C1.I. The molecule has 2 rings (SSSR count). The number of hydrogen-bond acceptors (Lipinski definition) is 4. The average molecular weight is 486 g/mol. The number of hydrogen-bond donors (Lipinski definition) is 2. The van der Waals surface area contributed by atoms with Gasteiger partial charge < -0.3 is 20.3 Å². The zero-order valence-electron chi connectivity index (χ0n) is 14.4. The third-order valence-electron chi connectivity index (χ3n) is 3.77. The summed E-state index contributed by atoms with van der Waals surface area (Å²) < 4.78 is 29.7. The van der Waals surface area contributed by atoms with Gasteiger partial charge in [-0.1, -0.05) is 12.1 Å². The molecule has 0 spiro atoms. The minimum atomic E-state index is -2.82. The second kappa shape index (κ2) is 11.6. The van der Waals surface area contributed by atoms with Crippen molar-refractivity contribution in [1.82, 2.24) is 10.6 Å². The lowest BCUT2D eigenvalue weighted by molar-refractivity contribution is -0.0495. The molecule has 142 valence electrons. The van der Waals surface area contributed by atoms with E-state index in [9.17, 15) is 8.78 Å². The highest BCUT2D eigenvalue weighted by molar-refractivity contribution is 14.0. The number of rotatable bonds is 7. The van der Waals surface area contributed by atoms with Crippen LogP contribution in [0.15, 0.2) is 29.3 Å². The highest BCUT2D eigenvalue weighted by atomic mass is 127. The first kappa shape index (κ1) is 22.1. The molecule has 9 heteroatoms. The van der Waals surface area contributed by atoms with Gasteiger partial charge in [0.05, 0.1) is 5.69 Å². The molecule has 1 aromatic carbocycles. The number of nitrogens with one attached hydrogen (secondary N) is 2. The van der Waals surface area contributed by atoms with Gasteiger partial charge in [-0.15, -0.1) is 24.0 Å². The second-order valence-corrected chi connectivity index (χ2v) is 6.40. The lowest BCUT2D eigenvalue weighted by atomic mass is 10.2. The third-order valence-corrected chi connectivity index (χ3v) is 4.39. The van der Waals surface area contributed by atoms with E-state index in [4.69, 9.17) is 0 Å². The van der Waals surface area contributed by atoms with Crippen LogP contribution in [0, 0.1) is 0 Å². The van der Waals surface area contributed by atoms with E-state index in [0.717, 1.165) is 31.2 Å². The average Bonchev–Trinajstić information content (AvgIpc) is 3.02. The molecular weight excluding hydrogens is 461 g/mol. The Bertz CT molecular complexity index is 551. The molecule has 1 aliphatic rings. The first-order valence-electron chi connectivity index (χ1n) is 7.89. The lowest BCUT2D eigenvalue weighted by Crippen LogP contribution is -2.45. The summed E-state index contributed by atoms with van der Waals surface area (Å²) in [6.07, 6.45) is 2.97. The van der Waals surface area contributed by atoms with Crippen LogP contribution in [0.4, 0.5) is 14.5 Å². The molecule has 1 fully saturated rings. The molecule has 2 N–H and O–H groups in total. The van der Waals surface area contributed by atoms with Crippen LogP contribution in [0.25, 0.3) is 0 Å². The zero-order chi connectivity index (χ0) is 17.4. The van der Waals surface area contributed by atoms with E-state index in [1.165, 1.54) is 0 Å². The summed E-state index contributed by atoms with van der Waals surface area (Å²) in [7, 11) is 1.74. The number of guanidine groups is 1. The number of alkyl halides is 2. The van der Waals surface area contributed by atoms with E-state index in [2.05, 4.69) is 31.5 Å². The fourth-order valence-corrected chi connectivity index (χ4v) is 2.98. The van der Waals surface area contributed by atoms with Crippen LogP contribution in [-0.2, 0) is 0 Å². The Hall–Kier alpha value is -0.970. The molecule has 0 saturated carbocycles. The predicted molar refractivity (Wildman–Crippen MR) is 112 cm³/mol. The predicted octanol–water partition coefficient (Wildman–Crippen LogP) is 3.01. The van der Waals surface area contributed by atoms with Gasteiger partial charge in [-0.3, -0.25) is 4.99 Å². The molecule has 0 bridgehead atoms. The summed E-state index contributed by atoms with van der Waals surface area (Å²) in [5.74, 6) is 2.00.